The quantitative estimate of drug-likeness (QED) is 0.757. The summed E-state index contributed by atoms with van der Waals surface area (Å²) in [5, 5.41) is 23.1. The van der Waals surface area contributed by atoms with Crippen molar-refractivity contribution in [2.75, 3.05) is 6.61 Å². The third-order valence-corrected chi connectivity index (χ3v) is 8.26. The van der Waals surface area contributed by atoms with Crippen LogP contribution in [0.2, 0.25) is 0 Å². The van der Waals surface area contributed by atoms with E-state index in [1.165, 1.54) is 6.07 Å². The summed E-state index contributed by atoms with van der Waals surface area (Å²) in [6, 6.07) is 8.61. The van der Waals surface area contributed by atoms with Crippen molar-refractivity contribution in [1.82, 2.24) is 0 Å². The van der Waals surface area contributed by atoms with Gasteiger partial charge in [0, 0.05) is 23.4 Å². The fourth-order valence-electron chi connectivity index (χ4n) is 6.02. The van der Waals surface area contributed by atoms with Gasteiger partial charge in [0.05, 0.1) is 18.3 Å². The minimum atomic E-state index is -0.892. The van der Waals surface area contributed by atoms with Crippen molar-refractivity contribution in [3.05, 3.63) is 40.8 Å². The van der Waals surface area contributed by atoms with Gasteiger partial charge in [0.25, 0.3) is 0 Å². The van der Waals surface area contributed by atoms with Crippen molar-refractivity contribution in [1.29, 1.82) is 0 Å². The highest BCUT2D eigenvalue weighted by Crippen LogP contribution is 2.62. The average Bonchev–Trinajstić information content (AvgIpc) is 2.65. The monoisotopic (exact) mass is 400 g/mol. The van der Waals surface area contributed by atoms with E-state index >= 15 is 0 Å². The van der Waals surface area contributed by atoms with Crippen molar-refractivity contribution in [2.24, 2.45) is 22.7 Å². The molecule has 0 bridgehead atoms. The summed E-state index contributed by atoms with van der Waals surface area (Å²) in [4.78, 5) is 11.5. The molecule has 0 saturated heterocycles. The molecule has 5 atom stereocenters. The minimum Gasteiger partial charge on any atom is -0.493 e. The maximum Gasteiger partial charge on any atom is 0.336 e. The molecule has 0 aliphatic heterocycles. The van der Waals surface area contributed by atoms with Crippen molar-refractivity contribution in [3.63, 3.8) is 0 Å². The molecule has 1 aromatic heterocycles. The molecule has 4 rings (SSSR count). The lowest BCUT2D eigenvalue weighted by molar-refractivity contribution is -0.227. The Morgan fingerprint density at radius 3 is 2.59 bits per heavy atom. The van der Waals surface area contributed by atoms with Gasteiger partial charge >= 0.3 is 5.63 Å². The van der Waals surface area contributed by atoms with Gasteiger partial charge in [0.15, 0.2) is 0 Å². The first-order chi connectivity index (χ1) is 13.6. The third-order valence-electron chi connectivity index (χ3n) is 8.26. The molecular weight excluding hydrogens is 368 g/mol. The summed E-state index contributed by atoms with van der Waals surface area (Å²) >= 11 is 0. The molecule has 0 amide bonds. The van der Waals surface area contributed by atoms with Gasteiger partial charge in [0.1, 0.15) is 11.3 Å². The normalized spacial score (nSPS) is 36.6. The number of fused-ring (bicyclic) bond motifs is 2. The number of benzene rings is 1. The van der Waals surface area contributed by atoms with Crippen LogP contribution in [0.3, 0.4) is 0 Å². The first kappa shape index (κ1) is 20.4. The first-order valence-corrected chi connectivity index (χ1v) is 10.6. The van der Waals surface area contributed by atoms with Gasteiger partial charge in [-0.05, 0) is 67.6 Å². The van der Waals surface area contributed by atoms with Gasteiger partial charge < -0.3 is 19.4 Å². The van der Waals surface area contributed by atoms with Crippen LogP contribution in [0.5, 0.6) is 5.75 Å². The van der Waals surface area contributed by atoms with E-state index in [1.807, 2.05) is 19.1 Å². The standard InChI is InChI=1S/C24H32O5/c1-22(2)19-9-7-16(24(4,27)23(19,3)12-11-20(22)25)14-28-17-8-5-15-6-10-21(26)29-18(15)13-17/h5-6,8,10,13,16,19-20,25,27H,7,9,11-12,14H2,1-4H3/t16-,19-,20-,23-,24-/m1/s1. The highest BCUT2D eigenvalue weighted by atomic mass is 16.5. The van der Waals surface area contributed by atoms with Crippen molar-refractivity contribution < 1.29 is 19.4 Å². The van der Waals surface area contributed by atoms with Gasteiger partial charge in [-0.1, -0.05) is 20.8 Å². The van der Waals surface area contributed by atoms with Crippen molar-refractivity contribution >= 4 is 11.0 Å². The van der Waals surface area contributed by atoms with Crippen LogP contribution in [-0.4, -0.2) is 28.5 Å². The maximum atomic E-state index is 11.7. The Morgan fingerprint density at radius 1 is 1.10 bits per heavy atom. The summed E-state index contributed by atoms with van der Waals surface area (Å²) < 4.78 is 11.3. The predicted octanol–water partition coefficient (Wildman–Crippen LogP) is 4.14. The van der Waals surface area contributed by atoms with Gasteiger partial charge in [-0.25, -0.2) is 4.79 Å². The molecule has 1 heterocycles. The van der Waals surface area contributed by atoms with Crippen LogP contribution in [-0.2, 0) is 0 Å². The second-order valence-electron chi connectivity index (χ2n) is 10.0. The average molecular weight is 401 g/mol. The Balaban J connectivity index is 1.54. The zero-order valence-electron chi connectivity index (χ0n) is 17.8. The third kappa shape index (κ3) is 3.19. The Kier molecular flexibility index (Phi) is 4.82. The number of ether oxygens (including phenoxy) is 1. The van der Waals surface area contributed by atoms with E-state index < -0.39 is 5.60 Å². The number of aliphatic hydroxyl groups excluding tert-OH is 1. The van der Waals surface area contributed by atoms with Crippen LogP contribution in [0.4, 0.5) is 0 Å². The largest absolute Gasteiger partial charge is 0.493 e. The van der Waals surface area contributed by atoms with Crippen LogP contribution in [0.25, 0.3) is 11.0 Å². The molecule has 5 nitrogen and oxygen atoms in total. The fraction of sp³-hybridized carbons (Fsp3) is 0.625. The Bertz CT molecular complexity index is 959. The van der Waals surface area contributed by atoms with Gasteiger partial charge in [0.2, 0.25) is 0 Å². The molecule has 2 fully saturated rings. The molecule has 158 valence electrons. The van der Waals surface area contributed by atoms with E-state index in [-0.39, 0.29) is 34.4 Å². The van der Waals surface area contributed by atoms with Crippen LogP contribution in [0.1, 0.15) is 53.4 Å². The van der Waals surface area contributed by atoms with Crippen LogP contribution >= 0.6 is 0 Å². The van der Waals surface area contributed by atoms with Crippen LogP contribution in [0.15, 0.2) is 39.5 Å². The Labute approximate surface area is 171 Å². The van der Waals surface area contributed by atoms with Crippen LogP contribution in [0, 0.1) is 22.7 Å². The molecule has 0 radical (unpaired) electrons. The molecule has 2 N–H and O–H groups in total. The molecule has 2 saturated carbocycles. The molecule has 2 aliphatic rings. The molecule has 29 heavy (non-hydrogen) atoms. The lowest BCUT2D eigenvalue weighted by Gasteiger charge is -2.63. The maximum absolute atomic E-state index is 11.7. The predicted molar refractivity (Wildman–Crippen MR) is 112 cm³/mol. The Hall–Kier alpha value is -1.85. The smallest absolute Gasteiger partial charge is 0.336 e. The molecule has 0 spiro atoms. The van der Waals surface area contributed by atoms with E-state index in [9.17, 15) is 15.0 Å². The van der Waals surface area contributed by atoms with Crippen molar-refractivity contribution in [3.8, 4) is 5.75 Å². The zero-order chi connectivity index (χ0) is 21.0. The number of hydrogen-bond acceptors (Lipinski definition) is 5. The van der Waals surface area contributed by atoms with Gasteiger partial charge in [-0.15, -0.1) is 0 Å². The van der Waals surface area contributed by atoms with E-state index in [1.54, 1.807) is 12.1 Å². The molecule has 0 unspecified atom stereocenters. The van der Waals surface area contributed by atoms with Crippen molar-refractivity contribution in [2.45, 2.75) is 65.1 Å². The molecular formula is C24H32O5. The molecule has 2 aliphatic carbocycles. The second-order valence-corrected chi connectivity index (χ2v) is 10.0. The van der Waals surface area contributed by atoms with E-state index in [0.717, 1.165) is 24.6 Å². The highest BCUT2D eigenvalue weighted by Gasteiger charge is 2.62. The minimum absolute atomic E-state index is 0.00623. The van der Waals surface area contributed by atoms with Gasteiger partial charge in [-0.2, -0.15) is 0 Å². The van der Waals surface area contributed by atoms with E-state index in [0.29, 0.717) is 24.4 Å². The summed E-state index contributed by atoms with van der Waals surface area (Å²) in [5.74, 6) is 0.891. The van der Waals surface area contributed by atoms with E-state index in [4.69, 9.17) is 9.15 Å². The number of rotatable bonds is 3. The fourth-order valence-corrected chi connectivity index (χ4v) is 6.02. The first-order valence-electron chi connectivity index (χ1n) is 10.6. The topological polar surface area (TPSA) is 79.9 Å². The zero-order valence-corrected chi connectivity index (χ0v) is 17.8. The number of hydrogen-bond donors (Lipinski definition) is 2. The Morgan fingerprint density at radius 2 is 1.83 bits per heavy atom. The summed E-state index contributed by atoms with van der Waals surface area (Å²) in [7, 11) is 0. The number of aliphatic hydroxyl groups is 2. The summed E-state index contributed by atoms with van der Waals surface area (Å²) in [6.45, 7) is 8.80. The van der Waals surface area contributed by atoms with Gasteiger partial charge in [-0.3, -0.25) is 0 Å². The molecule has 2 aromatic rings. The summed E-state index contributed by atoms with van der Waals surface area (Å²) in [6.07, 6.45) is 3.03. The molecule has 5 heteroatoms. The highest BCUT2D eigenvalue weighted by molar-refractivity contribution is 5.77. The SMILES string of the molecule is CC1(C)[C@H](O)CC[C@]2(C)[C@@H]1CC[C@H](COc1ccc3ccc(=O)oc3c1)[C@@]2(C)O. The summed E-state index contributed by atoms with van der Waals surface area (Å²) in [5.41, 5.74) is -1.25. The lowest BCUT2D eigenvalue weighted by Crippen LogP contribution is -2.64. The molecule has 1 aromatic carbocycles. The van der Waals surface area contributed by atoms with Crippen LogP contribution < -0.4 is 10.4 Å². The lowest BCUT2D eigenvalue weighted by atomic mass is 9.44. The van der Waals surface area contributed by atoms with E-state index in [2.05, 4.69) is 20.8 Å². The second kappa shape index (κ2) is 6.85.